The van der Waals surface area contributed by atoms with E-state index >= 15 is 0 Å². The molecule has 1 aliphatic rings. The minimum absolute atomic E-state index is 0.230. The van der Waals surface area contributed by atoms with Gasteiger partial charge in [0.2, 0.25) is 10.0 Å². The van der Waals surface area contributed by atoms with Gasteiger partial charge in [0.05, 0.1) is 19.3 Å². The van der Waals surface area contributed by atoms with Crippen LogP contribution in [0.25, 0.3) is 0 Å². The first kappa shape index (κ1) is 15.4. The normalized spacial score (nSPS) is 21.5. The first-order valence-electron chi connectivity index (χ1n) is 5.57. The smallest absolute Gasteiger partial charge is 0.246 e. The standard InChI is InChI=1S/C11H12Br2FNO3S/c12-6-9-7-18-4-3-15(9)19(16,17)11-2-1-8(13)5-10(11)14/h1-2,5,9H,3-4,6-7H2. The highest BCUT2D eigenvalue weighted by molar-refractivity contribution is 9.10. The van der Waals surface area contributed by atoms with Crippen molar-refractivity contribution in [3.05, 3.63) is 28.5 Å². The predicted molar refractivity (Wildman–Crippen MR) is 76.4 cm³/mol. The van der Waals surface area contributed by atoms with E-state index in [1.807, 2.05) is 0 Å². The third-order valence-electron chi connectivity index (χ3n) is 2.83. The lowest BCUT2D eigenvalue weighted by molar-refractivity contribution is 0.0412. The molecule has 0 bridgehead atoms. The van der Waals surface area contributed by atoms with Crippen molar-refractivity contribution in [2.24, 2.45) is 0 Å². The number of benzene rings is 1. The molecule has 8 heteroatoms. The zero-order valence-corrected chi connectivity index (χ0v) is 13.8. The maximum atomic E-state index is 13.9. The fourth-order valence-electron chi connectivity index (χ4n) is 1.89. The molecule has 19 heavy (non-hydrogen) atoms. The molecular formula is C11H12Br2FNO3S. The van der Waals surface area contributed by atoms with Gasteiger partial charge in [0.15, 0.2) is 0 Å². The van der Waals surface area contributed by atoms with Crippen LogP contribution in [0.5, 0.6) is 0 Å². The number of halogens is 3. The Bertz CT molecular complexity index is 567. The largest absolute Gasteiger partial charge is 0.378 e. The molecule has 0 spiro atoms. The van der Waals surface area contributed by atoms with Gasteiger partial charge in [0.25, 0.3) is 0 Å². The number of sulfonamides is 1. The van der Waals surface area contributed by atoms with E-state index in [1.54, 1.807) is 0 Å². The first-order valence-corrected chi connectivity index (χ1v) is 8.93. The lowest BCUT2D eigenvalue weighted by atomic mass is 10.3. The highest BCUT2D eigenvalue weighted by Crippen LogP contribution is 2.25. The molecule has 0 amide bonds. The Kier molecular flexibility index (Phi) is 4.99. The summed E-state index contributed by atoms with van der Waals surface area (Å²) in [5.74, 6) is -0.755. The Morgan fingerprint density at radius 2 is 2.21 bits per heavy atom. The molecule has 4 nitrogen and oxygen atoms in total. The molecular weight excluding hydrogens is 405 g/mol. The fraction of sp³-hybridized carbons (Fsp3) is 0.455. The quantitative estimate of drug-likeness (QED) is 0.710. The van der Waals surface area contributed by atoms with Crippen LogP contribution in [0.2, 0.25) is 0 Å². The van der Waals surface area contributed by atoms with Gasteiger partial charge in [-0.2, -0.15) is 4.31 Å². The zero-order valence-electron chi connectivity index (χ0n) is 9.85. The maximum Gasteiger partial charge on any atom is 0.246 e. The highest BCUT2D eigenvalue weighted by Gasteiger charge is 2.35. The molecule has 1 saturated heterocycles. The number of nitrogens with zero attached hydrogens (tertiary/aromatic N) is 1. The third kappa shape index (κ3) is 3.18. The highest BCUT2D eigenvalue weighted by atomic mass is 79.9. The summed E-state index contributed by atoms with van der Waals surface area (Å²) in [6, 6.07) is 3.62. The number of morpholine rings is 1. The molecule has 1 aromatic rings. The first-order chi connectivity index (χ1) is 8.96. The topological polar surface area (TPSA) is 46.6 Å². The van der Waals surface area contributed by atoms with Crippen LogP contribution in [-0.2, 0) is 14.8 Å². The molecule has 0 aromatic heterocycles. The second-order valence-electron chi connectivity index (χ2n) is 4.07. The summed E-state index contributed by atoms with van der Waals surface area (Å²) in [6.07, 6.45) is 0. The van der Waals surface area contributed by atoms with Gasteiger partial charge in [-0.05, 0) is 18.2 Å². The van der Waals surface area contributed by atoms with Crippen molar-refractivity contribution in [1.82, 2.24) is 4.31 Å². The molecule has 1 aliphatic heterocycles. The van der Waals surface area contributed by atoms with Crippen LogP contribution in [0.3, 0.4) is 0 Å². The van der Waals surface area contributed by atoms with Gasteiger partial charge in [-0.1, -0.05) is 31.9 Å². The molecule has 0 radical (unpaired) electrons. The molecule has 0 N–H and O–H groups in total. The molecule has 1 unspecified atom stereocenters. The van der Waals surface area contributed by atoms with Crippen molar-refractivity contribution in [2.75, 3.05) is 25.1 Å². The van der Waals surface area contributed by atoms with Crippen molar-refractivity contribution in [3.8, 4) is 0 Å². The van der Waals surface area contributed by atoms with E-state index in [-0.39, 0.29) is 17.5 Å². The molecule has 0 saturated carbocycles. The molecule has 1 atom stereocenters. The molecule has 0 aliphatic carbocycles. The van der Waals surface area contributed by atoms with Crippen LogP contribution in [0.15, 0.2) is 27.6 Å². The third-order valence-corrected chi connectivity index (χ3v) is 6.06. The minimum Gasteiger partial charge on any atom is -0.378 e. The van der Waals surface area contributed by atoms with Gasteiger partial charge in [0, 0.05) is 16.3 Å². The van der Waals surface area contributed by atoms with Crippen LogP contribution in [-0.4, -0.2) is 43.9 Å². The van der Waals surface area contributed by atoms with Crippen molar-refractivity contribution in [3.63, 3.8) is 0 Å². The summed E-state index contributed by atoms with van der Waals surface area (Å²) in [6.45, 7) is 0.859. The van der Waals surface area contributed by atoms with E-state index in [2.05, 4.69) is 31.9 Å². The van der Waals surface area contributed by atoms with Crippen LogP contribution in [0.4, 0.5) is 4.39 Å². The summed E-state index contributed by atoms with van der Waals surface area (Å²) >= 11 is 6.37. The van der Waals surface area contributed by atoms with E-state index in [4.69, 9.17) is 4.74 Å². The van der Waals surface area contributed by atoms with E-state index in [1.165, 1.54) is 16.4 Å². The summed E-state index contributed by atoms with van der Waals surface area (Å²) in [4.78, 5) is -0.302. The molecule has 2 rings (SSSR count). The second-order valence-corrected chi connectivity index (χ2v) is 7.50. The van der Waals surface area contributed by atoms with Gasteiger partial charge in [-0.15, -0.1) is 0 Å². The van der Waals surface area contributed by atoms with Crippen LogP contribution < -0.4 is 0 Å². The minimum atomic E-state index is -3.84. The van der Waals surface area contributed by atoms with Crippen molar-refractivity contribution >= 4 is 41.9 Å². The molecule has 106 valence electrons. The van der Waals surface area contributed by atoms with Gasteiger partial charge in [0.1, 0.15) is 10.7 Å². The zero-order chi connectivity index (χ0) is 14.0. The Hall–Kier alpha value is -0.0200. The van der Waals surface area contributed by atoms with Gasteiger partial charge in [-0.3, -0.25) is 0 Å². The molecule has 1 aromatic carbocycles. The van der Waals surface area contributed by atoms with Crippen LogP contribution in [0.1, 0.15) is 0 Å². The SMILES string of the molecule is O=S(=O)(c1ccc(Br)cc1F)N1CCOCC1CBr. The number of ether oxygens (including phenoxy) is 1. The Morgan fingerprint density at radius 1 is 1.47 bits per heavy atom. The average Bonchev–Trinajstić information content (AvgIpc) is 2.38. The second kappa shape index (κ2) is 6.17. The van der Waals surface area contributed by atoms with Crippen LogP contribution in [0, 0.1) is 5.82 Å². The summed E-state index contributed by atoms with van der Waals surface area (Å²) in [5.41, 5.74) is 0. The lowest BCUT2D eigenvalue weighted by Crippen LogP contribution is -2.49. The average molecular weight is 417 g/mol. The Labute approximate surface area is 128 Å². The fourth-order valence-corrected chi connectivity index (χ4v) is 4.59. The van der Waals surface area contributed by atoms with E-state index in [0.29, 0.717) is 23.0 Å². The summed E-state index contributed by atoms with van der Waals surface area (Å²) in [5, 5.41) is 0.449. The Morgan fingerprint density at radius 3 is 2.84 bits per heavy atom. The van der Waals surface area contributed by atoms with Crippen molar-refractivity contribution < 1.29 is 17.5 Å². The summed E-state index contributed by atoms with van der Waals surface area (Å²) in [7, 11) is -3.84. The van der Waals surface area contributed by atoms with Gasteiger partial charge >= 0.3 is 0 Å². The Balaban J connectivity index is 2.40. The van der Waals surface area contributed by atoms with Gasteiger partial charge in [-0.25, -0.2) is 12.8 Å². The van der Waals surface area contributed by atoms with Crippen LogP contribution >= 0.6 is 31.9 Å². The number of rotatable bonds is 3. The predicted octanol–water partition coefficient (Wildman–Crippen LogP) is 2.37. The monoisotopic (exact) mass is 415 g/mol. The number of hydrogen-bond donors (Lipinski definition) is 0. The maximum absolute atomic E-state index is 13.9. The lowest BCUT2D eigenvalue weighted by Gasteiger charge is -2.33. The molecule has 1 fully saturated rings. The molecule has 1 heterocycles. The van der Waals surface area contributed by atoms with E-state index in [9.17, 15) is 12.8 Å². The number of hydrogen-bond acceptors (Lipinski definition) is 3. The summed E-state index contributed by atoms with van der Waals surface area (Å²) < 4.78 is 45.9. The van der Waals surface area contributed by atoms with E-state index in [0.717, 1.165) is 6.07 Å². The van der Waals surface area contributed by atoms with E-state index < -0.39 is 15.8 Å². The van der Waals surface area contributed by atoms with Gasteiger partial charge < -0.3 is 4.74 Å². The number of alkyl halides is 1. The van der Waals surface area contributed by atoms with Crippen molar-refractivity contribution in [2.45, 2.75) is 10.9 Å². The van der Waals surface area contributed by atoms with Crippen molar-refractivity contribution in [1.29, 1.82) is 0 Å².